The van der Waals surface area contributed by atoms with Crippen molar-refractivity contribution in [2.24, 2.45) is 11.5 Å². The maximum atomic E-state index is 11.3. The molecule has 0 bridgehead atoms. The number of carbonyl (C=O) groups excluding carboxylic acids is 1. The summed E-state index contributed by atoms with van der Waals surface area (Å²) < 4.78 is 5.42. The molecule has 7 heteroatoms. The Labute approximate surface area is 155 Å². The molecule has 7 nitrogen and oxygen atoms in total. The third kappa shape index (κ3) is 3.28. The lowest BCUT2D eigenvalue weighted by Crippen LogP contribution is -2.18. The minimum atomic E-state index is -0.571. The van der Waals surface area contributed by atoms with E-state index >= 15 is 0 Å². The van der Waals surface area contributed by atoms with Gasteiger partial charge in [-0.1, -0.05) is 23.4 Å². The van der Waals surface area contributed by atoms with E-state index in [2.05, 4.69) is 15.1 Å². The summed E-state index contributed by atoms with van der Waals surface area (Å²) in [7, 11) is 0. The van der Waals surface area contributed by atoms with Crippen LogP contribution in [0.2, 0.25) is 0 Å². The minimum absolute atomic E-state index is 0.212. The smallest absolute Gasteiger partial charge is 0.267 e. The van der Waals surface area contributed by atoms with Gasteiger partial charge in [0.15, 0.2) is 5.58 Å². The topological polar surface area (TPSA) is 121 Å². The highest BCUT2D eigenvalue weighted by atomic mass is 16.5. The molecule has 27 heavy (non-hydrogen) atoms. The van der Waals surface area contributed by atoms with Crippen LogP contribution in [0, 0.1) is 0 Å². The molecule has 0 radical (unpaired) electrons. The van der Waals surface area contributed by atoms with Crippen LogP contribution < -0.4 is 11.5 Å². The Morgan fingerprint density at radius 2 is 1.93 bits per heavy atom. The second kappa shape index (κ2) is 6.97. The number of para-hydroxylation sites is 1. The van der Waals surface area contributed by atoms with Crippen molar-refractivity contribution in [3.05, 3.63) is 77.9 Å². The van der Waals surface area contributed by atoms with Crippen molar-refractivity contribution in [3.63, 3.8) is 0 Å². The molecule has 0 aliphatic rings. The lowest BCUT2D eigenvalue weighted by molar-refractivity contribution is 0.0995. The maximum absolute atomic E-state index is 11.3. The van der Waals surface area contributed by atoms with E-state index in [4.69, 9.17) is 16.0 Å². The first-order valence-electron chi connectivity index (χ1n) is 8.44. The van der Waals surface area contributed by atoms with Crippen LogP contribution in [0.4, 0.5) is 0 Å². The van der Waals surface area contributed by atoms with Gasteiger partial charge in [0.05, 0.1) is 11.7 Å². The van der Waals surface area contributed by atoms with Gasteiger partial charge < -0.3 is 16.0 Å². The van der Waals surface area contributed by atoms with Gasteiger partial charge in [-0.05, 0) is 36.4 Å². The SMILES string of the molecule is NC(=O)c1cccc(CC(N)c2ncccc2-c2noc3ccccc23)n1. The number of benzene rings is 1. The number of carbonyl (C=O) groups is 1. The molecule has 134 valence electrons. The summed E-state index contributed by atoms with van der Waals surface area (Å²) in [4.78, 5) is 20.1. The van der Waals surface area contributed by atoms with Gasteiger partial charge in [0.1, 0.15) is 11.4 Å². The maximum Gasteiger partial charge on any atom is 0.267 e. The fraction of sp³-hybridized carbons (Fsp3) is 0.100. The molecular formula is C20H17N5O2. The summed E-state index contributed by atoms with van der Waals surface area (Å²) in [5.41, 5.74) is 15.5. The molecule has 0 fully saturated rings. The Bertz CT molecular complexity index is 1120. The first-order chi connectivity index (χ1) is 13.1. The Balaban J connectivity index is 1.71. The molecule has 3 aromatic heterocycles. The molecule has 1 aromatic carbocycles. The standard InChI is InChI=1S/C20H17N5O2/c21-15(11-12-5-3-8-16(24-12)20(22)26)19-14(7-4-10-23-19)18-13-6-1-2-9-17(13)27-25-18/h1-10,15H,11,21H2,(H2,22,26). The summed E-state index contributed by atoms with van der Waals surface area (Å²) in [6.45, 7) is 0. The molecule has 0 saturated carbocycles. The molecule has 0 aliphatic carbocycles. The van der Waals surface area contributed by atoms with E-state index in [1.54, 1.807) is 24.4 Å². The average Bonchev–Trinajstić information content (AvgIpc) is 3.12. The van der Waals surface area contributed by atoms with Crippen LogP contribution in [-0.4, -0.2) is 21.0 Å². The van der Waals surface area contributed by atoms with E-state index in [-0.39, 0.29) is 5.69 Å². The Kier molecular flexibility index (Phi) is 4.35. The zero-order valence-corrected chi connectivity index (χ0v) is 14.4. The molecule has 0 aliphatic heterocycles. The number of amides is 1. The lowest BCUT2D eigenvalue weighted by atomic mass is 9.99. The highest BCUT2D eigenvalue weighted by Crippen LogP contribution is 2.31. The van der Waals surface area contributed by atoms with Gasteiger partial charge in [-0.3, -0.25) is 9.78 Å². The first-order valence-corrected chi connectivity index (χ1v) is 8.44. The molecular weight excluding hydrogens is 342 g/mol. The number of nitrogens with two attached hydrogens (primary N) is 2. The quantitative estimate of drug-likeness (QED) is 0.565. The summed E-state index contributed by atoms with van der Waals surface area (Å²) >= 11 is 0. The van der Waals surface area contributed by atoms with Gasteiger partial charge in [0.25, 0.3) is 5.91 Å². The van der Waals surface area contributed by atoms with E-state index < -0.39 is 11.9 Å². The van der Waals surface area contributed by atoms with E-state index in [1.807, 2.05) is 36.4 Å². The van der Waals surface area contributed by atoms with E-state index in [0.717, 1.165) is 10.9 Å². The van der Waals surface area contributed by atoms with Crippen molar-refractivity contribution in [2.45, 2.75) is 12.5 Å². The predicted octanol–water partition coefficient (Wildman–Crippen LogP) is 2.63. The monoisotopic (exact) mass is 359 g/mol. The van der Waals surface area contributed by atoms with Crippen LogP contribution in [-0.2, 0) is 6.42 Å². The summed E-state index contributed by atoms with van der Waals surface area (Å²) in [5.74, 6) is -0.571. The number of aromatic nitrogens is 3. The van der Waals surface area contributed by atoms with Crippen molar-refractivity contribution in [1.29, 1.82) is 0 Å². The van der Waals surface area contributed by atoms with Crippen LogP contribution in [0.1, 0.15) is 27.9 Å². The Morgan fingerprint density at radius 3 is 2.78 bits per heavy atom. The zero-order valence-electron chi connectivity index (χ0n) is 14.4. The second-order valence-corrected chi connectivity index (χ2v) is 6.15. The van der Waals surface area contributed by atoms with Crippen LogP contribution in [0.3, 0.4) is 0 Å². The van der Waals surface area contributed by atoms with Crippen LogP contribution in [0.15, 0.2) is 65.3 Å². The lowest BCUT2D eigenvalue weighted by Gasteiger charge is -2.14. The molecule has 3 heterocycles. The molecule has 4 aromatic rings. The van der Waals surface area contributed by atoms with Crippen molar-refractivity contribution < 1.29 is 9.32 Å². The molecule has 1 amide bonds. The Morgan fingerprint density at radius 1 is 1.07 bits per heavy atom. The molecule has 1 unspecified atom stereocenters. The van der Waals surface area contributed by atoms with E-state index in [1.165, 1.54) is 0 Å². The fourth-order valence-electron chi connectivity index (χ4n) is 3.05. The highest BCUT2D eigenvalue weighted by Gasteiger charge is 2.19. The number of fused-ring (bicyclic) bond motifs is 1. The van der Waals surface area contributed by atoms with Crippen molar-refractivity contribution in [2.75, 3.05) is 0 Å². The van der Waals surface area contributed by atoms with Gasteiger partial charge in [-0.25, -0.2) is 4.98 Å². The Hall–Kier alpha value is -3.58. The first kappa shape index (κ1) is 16.9. The van der Waals surface area contributed by atoms with Crippen LogP contribution in [0.25, 0.3) is 22.2 Å². The van der Waals surface area contributed by atoms with Gasteiger partial charge in [-0.2, -0.15) is 0 Å². The number of rotatable bonds is 5. The normalized spacial score (nSPS) is 12.2. The van der Waals surface area contributed by atoms with E-state index in [0.29, 0.717) is 29.1 Å². The van der Waals surface area contributed by atoms with Gasteiger partial charge in [0.2, 0.25) is 0 Å². The van der Waals surface area contributed by atoms with Crippen molar-refractivity contribution >= 4 is 16.9 Å². The summed E-state index contributed by atoms with van der Waals surface area (Å²) in [6, 6.07) is 16.1. The minimum Gasteiger partial charge on any atom is -0.364 e. The third-order valence-corrected chi connectivity index (χ3v) is 4.31. The predicted molar refractivity (Wildman–Crippen MR) is 101 cm³/mol. The largest absolute Gasteiger partial charge is 0.364 e. The molecule has 0 saturated heterocycles. The van der Waals surface area contributed by atoms with Gasteiger partial charge in [0, 0.05) is 29.3 Å². The summed E-state index contributed by atoms with van der Waals surface area (Å²) in [6.07, 6.45) is 2.09. The number of pyridine rings is 2. The highest BCUT2D eigenvalue weighted by molar-refractivity contribution is 5.92. The second-order valence-electron chi connectivity index (χ2n) is 6.15. The summed E-state index contributed by atoms with van der Waals surface area (Å²) in [5, 5.41) is 5.10. The van der Waals surface area contributed by atoms with Crippen LogP contribution >= 0.6 is 0 Å². The number of hydrogen-bond donors (Lipinski definition) is 2. The van der Waals surface area contributed by atoms with Crippen molar-refractivity contribution in [3.8, 4) is 11.3 Å². The van der Waals surface area contributed by atoms with Crippen molar-refractivity contribution in [1.82, 2.24) is 15.1 Å². The zero-order chi connectivity index (χ0) is 18.8. The number of nitrogens with zero attached hydrogens (tertiary/aromatic N) is 3. The molecule has 1 atom stereocenters. The van der Waals surface area contributed by atoms with E-state index in [9.17, 15) is 4.79 Å². The van der Waals surface area contributed by atoms with Gasteiger partial charge in [-0.15, -0.1) is 0 Å². The van der Waals surface area contributed by atoms with Crippen LogP contribution in [0.5, 0.6) is 0 Å². The third-order valence-electron chi connectivity index (χ3n) is 4.31. The average molecular weight is 359 g/mol. The van der Waals surface area contributed by atoms with Gasteiger partial charge >= 0.3 is 0 Å². The molecule has 4 N–H and O–H groups in total. The molecule has 0 spiro atoms. The molecule has 4 rings (SSSR count). The number of hydrogen-bond acceptors (Lipinski definition) is 6. The number of primary amides is 1. The fourth-order valence-corrected chi connectivity index (χ4v) is 3.05.